The van der Waals surface area contributed by atoms with Gasteiger partial charge in [-0.3, -0.25) is 4.79 Å². The summed E-state index contributed by atoms with van der Waals surface area (Å²) in [5.74, 6) is 0. The molecule has 0 spiro atoms. The van der Waals surface area contributed by atoms with Gasteiger partial charge < -0.3 is 4.57 Å². The first-order valence-corrected chi connectivity index (χ1v) is 9.27. The number of halogens is 3. The summed E-state index contributed by atoms with van der Waals surface area (Å²) in [7, 11) is 0. The lowest BCUT2D eigenvalue weighted by Gasteiger charge is -2.13. The molecule has 0 saturated carbocycles. The maximum absolute atomic E-state index is 13.3. The SMILES string of the molecule is O=c1c2ccc(-c3ccccc3C(F)(F)F)cc2ccn1CCc1ccccc1. The molecule has 0 amide bonds. The van der Waals surface area contributed by atoms with Crippen molar-refractivity contribution >= 4 is 10.8 Å². The minimum Gasteiger partial charge on any atom is -0.315 e. The summed E-state index contributed by atoms with van der Waals surface area (Å²) >= 11 is 0. The predicted octanol–water partition coefficient (Wildman–Crippen LogP) is 5.93. The van der Waals surface area contributed by atoms with E-state index in [2.05, 4.69) is 0 Å². The van der Waals surface area contributed by atoms with Gasteiger partial charge in [-0.1, -0.05) is 54.6 Å². The molecule has 0 bridgehead atoms. The molecule has 146 valence electrons. The highest BCUT2D eigenvalue weighted by Crippen LogP contribution is 2.37. The van der Waals surface area contributed by atoms with Crippen LogP contribution in [0.3, 0.4) is 0 Å². The number of nitrogens with zero attached hydrogens (tertiary/aromatic N) is 1. The highest BCUT2D eigenvalue weighted by Gasteiger charge is 2.33. The Labute approximate surface area is 165 Å². The van der Waals surface area contributed by atoms with Crippen LogP contribution in [0.4, 0.5) is 13.2 Å². The Balaban J connectivity index is 1.69. The summed E-state index contributed by atoms with van der Waals surface area (Å²) in [5.41, 5.74) is 0.852. The van der Waals surface area contributed by atoms with Crippen LogP contribution >= 0.6 is 0 Å². The number of pyridine rings is 1. The Morgan fingerprint density at radius 3 is 2.31 bits per heavy atom. The molecule has 3 aromatic carbocycles. The standard InChI is InChI=1S/C24H18F3NO/c25-24(26,27)22-9-5-4-8-20(22)18-10-11-21-19(16-18)13-15-28(23(21)29)14-12-17-6-2-1-3-7-17/h1-11,13,15-16H,12,14H2. The molecule has 0 saturated heterocycles. The van der Waals surface area contributed by atoms with Crippen LogP contribution in [0.15, 0.2) is 89.9 Å². The number of hydrogen-bond acceptors (Lipinski definition) is 1. The van der Waals surface area contributed by atoms with Gasteiger partial charge in [0.1, 0.15) is 0 Å². The fourth-order valence-corrected chi connectivity index (χ4v) is 3.51. The zero-order valence-corrected chi connectivity index (χ0v) is 15.5. The Morgan fingerprint density at radius 1 is 0.828 bits per heavy atom. The summed E-state index contributed by atoms with van der Waals surface area (Å²) in [6.45, 7) is 0.539. The quantitative estimate of drug-likeness (QED) is 0.421. The zero-order valence-electron chi connectivity index (χ0n) is 15.5. The summed E-state index contributed by atoms with van der Waals surface area (Å²) in [6.07, 6.45) is -2.01. The van der Waals surface area contributed by atoms with Crippen molar-refractivity contribution < 1.29 is 13.2 Å². The Bertz CT molecular complexity index is 1210. The lowest BCUT2D eigenvalue weighted by atomic mass is 9.97. The smallest absolute Gasteiger partial charge is 0.315 e. The van der Waals surface area contributed by atoms with Gasteiger partial charge in [0.25, 0.3) is 5.56 Å². The zero-order chi connectivity index (χ0) is 20.4. The minimum absolute atomic E-state index is 0.107. The van der Waals surface area contributed by atoms with Gasteiger partial charge >= 0.3 is 6.18 Å². The number of rotatable bonds is 4. The largest absolute Gasteiger partial charge is 0.417 e. The van der Waals surface area contributed by atoms with E-state index in [0.29, 0.717) is 22.9 Å². The molecule has 0 radical (unpaired) electrons. The van der Waals surface area contributed by atoms with Gasteiger partial charge in [-0.2, -0.15) is 13.2 Å². The average Bonchev–Trinajstić information content (AvgIpc) is 2.73. The van der Waals surface area contributed by atoms with Crippen molar-refractivity contribution in [1.82, 2.24) is 4.57 Å². The van der Waals surface area contributed by atoms with E-state index < -0.39 is 11.7 Å². The van der Waals surface area contributed by atoms with E-state index in [1.165, 1.54) is 12.1 Å². The first-order valence-electron chi connectivity index (χ1n) is 9.27. The van der Waals surface area contributed by atoms with Crippen molar-refractivity contribution in [3.05, 3.63) is 107 Å². The fraction of sp³-hybridized carbons (Fsp3) is 0.125. The molecule has 2 nitrogen and oxygen atoms in total. The predicted molar refractivity (Wildman–Crippen MR) is 109 cm³/mol. The van der Waals surface area contributed by atoms with Gasteiger partial charge in [0, 0.05) is 18.1 Å². The molecule has 0 atom stereocenters. The van der Waals surface area contributed by atoms with Gasteiger partial charge in [0.05, 0.1) is 5.56 Å². The third-order valence-corrected chi connectivity index (χ3v) is 5.00. The van der Waals surface area contributed by atoms with E-state index in [1.54, 1.807) is 41.1 Å². The molecule has 4 rings (SSSR count). The van der Waals surface area contributed by atoms with Crippen molar-refractivity contribution in [1.29, 1.82) is 0 Å². The third kappa shape index (κ3) is 3.94. The van der Waals surface area contributed by atoms with Crippen LogP contribution in [0.5, 0.6) is 0 Å². The van der Waals surface area contributed by atoms with Gasteiger partial charge in [0.15, 0.2) is 0 Å². The number of hydrogen-bond donors (Lipinski definition) is 0. The maximum atomic E-state index is 13.3. The number of benzene rings is 3. The molecule has 29 heavy (non-hydrogen) atoms. The number of aromatic nitrogens is 1. The van der Waals surface area contributed by atoms with Crippen LogP contribution in [0.1, 0.15) is 11.1 Å². The second kappa shape index (κ2) is 7.59. The molecule has 0 aliphatic rings. The summed E-state index contributed by atoms with van der Waals surface area (Å²) in [4.78, 5) is 12.8. The monoisotopic (exact) mass is 393 g/mol. The van der Waals surface area contributed by atoms with E-state index in [4.69, 9.17) is 0 Å². The van der Waals surface area contributed by atoms with Gasteiger partial charge in [-0.05, 0) is 52.8 Å². The van der Waals surface area contributed by atoms with Crippen molar-refractivity contribution in [2.24, 2.45) is 0 Å². The number of fused-ring (bicyclic) bond motifs is 1. The Kier molecular flexibility index (Phi) is 4.97. The number of aryl methyl sites for hydroxylation is 2. The van der Waals surface area contributed by atoms with Gasteiger partial charge in [-0.15, -0.1) is 0 Å². The molecule has 5 heteroatoms. The second-order valence-corrected chi connectivity index (χ2v) is 6.90. The molecule has 4 aromatic rings. The molecule has 0 aliphatic carbocycles. The topological polar surface area (TPSA) is 22.0 Å². The van der Waals surface area contributed by atoms with E-state index in [1.807, 2.05) is 30.3 Å². The summed E-state index contributed by atoms with van der Waals surface area (Å²) in [6, 6.07) is 22.0. The molecule has 1 aromatic heterocycles. The molecule has 0 fully saturated rings. The first-order chi connectivity index (χ1) is 13.9. The van der Waals surface area contributed by atoms with Gasteiger partial charge in [0.2, 0.25) is 0 Å². The highest BCUT2D eigenvalue weighted by molar-refractivity contribution is 5.87. The summed E-state index contributed by atoms with van der Waals surface area (Å²) in [5, 5.41) is 1.12. The second-order valence-electron chi connectivity index (χ2n) is 6.90. The van der Waals surface area contributed by atoms with E-state index in [9.17, 15) is 18.0 Å². The maximum Gasteiger partial charge on any atom is 0.417 e. The fourth-order valence-electron chi connectivity index (χ4n) is 3.51. The lowest BCUT2D eigenvalue weighted by Crippen LogP contribution is -2.20. The molecule has 1 heterocycles. The Morgan fingerprint density at radius 2 is 1.55 bits per heavy atom. The normalized spacial score (nSPS) is 11.7. The van der Waals surface area contributed by atoms with Crippen LogP contribution in [0.25, 0.3) is 21.9 Å². The highest BCUT2D eigenvalue weighted by atomic mass is 19.4. The third-order valence-electron chi connectivity index (χ3n) is 5.00. The van der Waals surface area contributed by atoms with Gasteiger partial charge in [-0.25, -0.2) is 0 Å². The van der Waals surface area contributed by atoms with Crippen molar-refractivity contribution in [3.63, 3.8) is 0 Å². The van der Waals surface area contributed by atoms with E-state index >= 15 is 0 Å². The van der Waals surface area contributed by atoms with Crippen LogP contribution in [0, 0.1) is 0 Å². The van der Waals surface area contributed by atoms with Crippen molar-refractivity contribution in [2.45, 2.75) is 19.1 Å². The minimum atomic E-state index is -4.44. The summed E-state index contributed by atoms with van der Waals surface area (Å²) < 4.78 is 41.6. The molecule has 0 aliphatic heterocycles. The van der Waals surface area contributed by atoms with E-state index in [0.717, 1.165) is 18.1 Å². The first kappa shape index (κ1) is 19.0. The molecular formula is C24H18F3NO. The van der Waals surface area contributed by atoms with Crippen LogP contribution < -0.4 is 5.56 Å². The Hall–Kier alpha value is -3.34. The average molecular weight is 393 g/mol. The molecular weight excluding hydrogens is 375 g/mol. The lowest BCUT2D eigenvalue weighted by molar-refractivity contribution is -0.137. The van der Waals surface area contributed by atoms with Crippen LogP contribution in [0.2, 0.25) is 0 Å². The van der Waals surface area contributed by atoms with Crippen LogP contribution in [-0.4, -0.2) is 4.57 Å². The van der Waals surface area contributed by atoms with Crippen molar-refractivity contribution in [2.75, 3.05) is 0 Å². The van der Waals surface area contributed by atoms with Crippen LogP contribution in [-0.2, 0) is 19.1 Å². The van der Waals surface area contributed by atoms with Crippen molar-refractivity contribution in [3.8, 4) is 11.1 Å². The number of alkyl halides is 3. The molecule has 0 N–H and O–H groups in total. The van der Waals surface area contributed by atoms with E-state index in [-0.39, 0.29) is 11.1 Å². The molecule has 0 unspecified atom stereocenters.